The van der Waals surface area contributed by atoms with Crippen molar-refractivity contribution in [3.05, 3.63) is 75.6 Å². The number of carbonyl (C=O) groups excluding carboxylic acids is 2. The Hall–Kier alpha value is -2.21. The standard InChI is InChI=1S/C19H13Cl2NO3S/c1-2-8-25-16-7-6-12(9-15(16)21)10-17-18(23)22(19(24)26-17)14-5-3-4-13(20)11-14/h2-7,9-11H,1,8H2. The van der Waals surface area contributed by atoms with Crippen molar-refractivity contribution in [3.63, 3.8) is 0 Å². The maximum absolute atomic E-state index is 12.6. The zero-order valence-corrected chi connectivity index (χ0v) is 15.8. The van der Waals surface area contributed by atoms with Gasteiger partial charge in [-0.3, -0.25) is 9.59 Å². The second-order valence-electron chi connectivity index (χ2n) is 5.29. The van der Waals surface area contributed by atoms with Crippen LogP contribution in [0.1, 0.15) is 5.56 Å². The van der Waals surface area contributed by atoms with E-state index >= 15 is 0 Å². The van der Waals surface area contributed by atoms with E-state index in [2.05, 4.69) is 6.58 Å². The van der Waals surface area contributed by atoms with E-state index in [4.69, 9.17) is 27.9 Å². The number of anilines is 1. The first-order chi connectivity index (χ1) is 12.5. The molecule has 1 aliphatic heterocycles. The predicted molar refractivity (Wildman–Crippen MR) is 107 cm³/mol. The van der Waals surface area contributed by atoms with E-state index in [0.29, 0.717) is 38.6 Å². The van der Waals surface area contributed by atoms with Crippen molar-refractivity contribution in [3.8, 4) is 5.75 Å². The minimum absolute atomic E-state index is 0.311. The van der Waals surface area contributed by atoms with Crippen LogP contribution in [-0.4, -0.2) is 17.8 Å². The fraction of sp³-hybridized carbons (Fsp3) is 0.0526. The molecule has 132 valence electrons. The average Bonchev–Trinajstić information content (AvgIpc) is 2.88. The quantitative estimate of drug-likeness (QED) is 0.465. The number of hydrogen-bond acceptors (Lipinski definition) is 4. The summed E-state index contributed by atoms with van der Waals surface area (Å²) in [5.41, 5.74) is 1.13. The van der Waals surface area contributed by atoms with Gasteiger partial charge < -0.3 is 4.74 Å². The number of ether oxygens (including phenoxy) is 1. The minimum Gasteiger partial charge on any atom is -0.488 e. The summed E-state index contributed by atoms with van der Waals surface area (Å²) in [5, 5.41) is 0.489. The molecule has 0 bridgehead atoms. The van der Waals surface area contributed by atoms with Crippen LogP contribution in [0.25, 0.3) is 6.08 Å². The van der Waals surface area contributed by atoms with Crippen molar-refractivity contribution in [2.24, 2.45) is 0 Å². The molecule has 0 spiro atoms. The number of benzene rings is 2. The molecule has 0 unspecified atom stereocenters. The normalized spacial score (nSPS) is 15.6. The van der Waals surface area contributed by atoms with Crippen LogP contribution in [0.4, 0.5) is 10.5 Å². The van der Waals surface area contributed by atoms with Crippen LogP contribution in [0.3, 0.4) is 0 Å². The average molecular weight is 406 g/mol. The van der Waals surface area contributed by atoms with Gasteiger partial charge in [-0.1, -0.05) is 48.0 Å². The van der Waals surface area contributed by atoms with Gasteiger partial charge in [0.05, 0.1) is 15.6 Å². The van der Waals surface area contributed by atoms with E-state index in [1.54, 1.807) is 54.6 Å². The molecule has 0 atom stereocenters. The highest BCUT2D eigenvalue weighted by Gasteiger charge is 2.36. The first-order valence-corrected chi connectivity index (χ1v) is 9.13. The lowest BCUT2D eigenvalue weighted by Crippen LogP contribution is -2.27. The monoisotopic (exact) mass is 405 g/mol. The molecule has 0 aromatic heterocycles. The lowest BCUT2D eigenvalue weighted by atomic mass is 10.2. The first-order valence-electron chi connectivity index (χ1n) is 7.56. The molecular weight excluding hydrogens is 393 g/mol. The molecule has 1 aliphatic rings. The molecule has 1 fully saturated rings. The maximum atomic E-state index is 12.6. The molecule has 7 heteroatoms. The lowest BCUT2D eigenvalue weighted by Gasteiger charge is -2.12. The number of thioether (sulfide) groups is 1. The van der Waals surface area contributed by atoms with Gasteiger partial charge in [0.1, 0.15) is 12.4 Å². The van der Waals surface area contributed by atoms with Crippen molar-refractivity contribution in [1.29, 1.82) is 0 Å². The van der Waals surface area contributed by atoms with E-state index in [9.17, 15) is 9.59 Å². The third-order valence-electron chi connectivity index (χ3n) is 3.47. The molecular formula is C19H13Cl2NO3S. The summed E-state index contributed by atoms with van der Waals surface area (Å²) < 4.78 is 5.42. The second kappa shape index (κ2) is 7.99. The van der Waals surface area contributed by atoms with Crippen LogP contribution in [0.2, 0.25) is 10.0 Å². The predicted octanol–water partition coefficient (Wildman–Crippen LogP) is 5.80. The Morgan fingerprint density at radius 1 is 1.15 bits per heavy atom. The first kappa shape index (κ1) is 18.6. The molecule has 2 amide bonds. The van der Waals surface area contributed by atoms with E-state index in [-0.39, 0.29) is 5.24 Å². The molecule has 3 rings (SSSR count). The van der Waals surface area contributed by atoms with Crippen LogP contribution in [0.5, 0.6) is 5.75 Å². The maximum Gasteiger partial charge on any atom is 0.298 e. The van der Waals surface area contributed by atoms with E-state index in [0.717, 1.165) is 16.7 Å². The Labute approximate surface area is 165 Å². The van der Waals surface area contributed by atoms with Crippen molar-refractivity contribution < 1.29 is 14.3 Å². The second-order valence-corrected chi connectivity index (χ2v) is 7.12. The lowest BCUT2D eigenvalue weighted by molar-refractivity contribution is -0.113. The van der Waals surface area contributed by atoms with Crippen LogP contribution < -0.4 is 9.64 Å². The number of halogens is 2. The zero-order valence-electron chi connectivity index (χ0n) is 13.4. The summed E-state index contributed by atoms with van der Waals surface area (Å²) in [6.07, 6.45) is 3.24. The van der Waals surface area contributed by atoms with Gasteiger partial charge in [-0.15, -0.1) is 0 Å². The van der Waals surface area contributed by atoms with E-state index in [1.807, 2.05) is 0 Å². The molecule has 0 radical (unpaired) electrons. The molecule has 26 heavy (non-hydrogen) atoms. The Balaban J connectivity index is 1.86. The number of rotatable bonds is 5. The highest BCUT2D eigenvalue weighted by atomic mass is 35.5. The fourth-order valence-electron chi connectivity index (χ4n) is 2.33. The largest absolute Gasteiger partial charge is 0.488 e. The van der Waals surface area contributed by atoms with Gasteiger partial charge in [-0.05, 0) is 53.7 Å². The fourth-order valence-corrected chi connectivity index (χ4v) is 3.60. The number of imide groups is 1. The Morgan fingerprint density at radius 3 is 2.65 bits per heavy atom. The van der Waals surface area contributed by atoms with Crippen LogP contribution in [0, 0.1) is 0 Å². The summed E-state index contributed by atoms with van der Waals surface area (Å²) in [7, 11) is 0. The van der Waals surface area contributed by atoms with E-state index < -0.39 is 5.91 Å². The SMILES string of the molecule is C=CCOc1ccc(C=C2SC(=O)N(c3cccc(Cl)c3)C2=O)cc1Cl. The molecule has 1 heterocycles. The van der Waals surface area contributed by atoms with Crippen molar-refractivity contribution in [2.75, 3.05) is 11.5 Å². The molecule has 4 nitrogen and oxygen atoms in total. The van der Waals surface area contributed by atoms with Gasteiger partial charge in [-0.25, -0.2) is 4.90 Å². The van der Waals surface area contributed by atoms with Crippen LogP contribution >= 0.6 is 35.0 Å². The summed E-state index contributed by atoms with van der Waals surface area (Å²) in [5.74, 6) is 0.126. The molecule has 0 aliphatic carbocycles. The summed E-state index contributed by atoms with van der Waals surface area (Å²) in [6.45, 7) is 3.93. The number of nitrogens with zero attached hydrogens (tertiary/aromatic N) is 1. The van der Waals surface area contributed by atoms with Gasteiger partial charge in [0.15, 0.2) is 0 Å². The van der Waals surface area contributed by atoms with E-state index in [1.165, 1.54) is 0 Å². The van der Waals surface area contributed by atoms with Crippen LogP contribution in [0.15, 0.2) is 60.0 Å². The van der Waals surface area contributed by atoms with Gasteiger partial charge in [0, 0.05) is 5.02 Å². The Morgan fingerprint density at radius 2 is 1.96 bits per heavy atom. The summed E-state index contributed by atoms with van der Waals surface area (Å²) in [4.78, 5) is 26.3. The third-order valence-corrected chi connectivity index (χ3v) is 4.87. The molecule has 0 N–H and O–H groups in total. The Bertz CT molecular complexity index is 927. The van der Waals surface area contributed by atoms with Crippen molar-refractivity contribution in [2.45, 2.75) is 0 Å². The van der Waals surface area contributed by atoms with Gasteiger partial charge in [0.25, 0.3) is 11.1 Å². The topological polar surface area (TPSA) is 46.6 Å². The van der Waals surface area contributed by atoms with Gasteiger partial charge in [0.2, 0.25) is 0 Å². The minimum atomic E-state index is -0.398. The zero-order chi connectivity index (χ0) is 18.7. The smallest absolute Gasteiger partial charge is 0.298 e. The van der Waals surface area contributed by atoms with Crippen molar-refractivity contribution in [1.82, 2.24) is 0 Å². The summed E-state index contributed by atoms with van der Waals surface area (Å²) >= 11 is 13.0. The number of amides is 2. The molecule has 2 aromatic rings. The number of hydrogen-bond donors (Lipinski definition) is 0. The molecule has 2 aromatic carbocycles. The number of carbonyl (C=O) groups is 2. The molecule has 0 saturated carbocycles. The highest BCUT2D eigenvalue weighted by Crippen LogP contribution is 2.37. The highest BCUT2D eigenvalue weighted by molar-refractivity contribution is 8.19. The Kier molecular flexibility index (Phi) is 5.71. The van der Waals surface area contributed by atoms with Crippen LogP contribution in [-0.2, 0) is 4.79 Å². The summed E-state index contributed by atoms with van der Waals surface area (Å²) in [6, 6.07) is 11.7. The third kappa shape index (κ3) is 3.96. The van der Waals surface area contributed by atoms with Gasteiger partial charge in [-0.2, -0.15) is 0 Å². The van der Waals surface area contributed by atoms with Crippen molar-refractivity contribution >= 4 is 57.9 Å². The molecule has 1 saturated heterocycles. The van der Waals surface area contributed by atoms with Gasteiger partial charge >= 0.3 is 0 Å².